The lowest BCUT2D eigenvalue weighted by molar-refractivity contribution is -0.143. The van der Waals surface area contributed by atoms with E-state index in [2.05, 4.69) is 0 Å². The summed E-state index contributed by atoms with van der Waals surface area (Å²) in [5.74, 6) is -0.0975. The number of likely N-dealkylation sites (tertiary alicyclic amines) is 1. The van der Waals surface area contributed by atoms with Crippen LogP contribution < -0.4 is 0 Å². The van der Waals surface area contributed by atoms with Crippen LogP contribution in [-0.4, -0.2) is 35.0 Å². The van der Waals surface area contributed by atoms with Gasteiger partial charge in [-0.05, 0) is 19.3 Å². The van der Waals surface area contributed by atoms with Gasteiger partial charge in [0, 0.05) is 12.0 Å². The molecule has 0 bridgehead atoms. The van der Waals surface area contributed by atoms with Crippen molar-refractivity contribution >= 4 is 11.8 Å². The summed E-state index contributed by atoms with van der Waals surface area (Å²) in [4.78, 5) is 25.0. The van der Waals surface area contributed by atoms with Crippen LogP contribution in [0.2, 0.25) is 0 Å². The van der Waals surface area contributed by atoms with E-state index in [-0.39, 0.29) is 35.7 Å². The standard InChI is InChI=1S/C12H19NO3/c1-3-12(4-2,7-14)6-13-10(15)8-5-9(8)11(13)16/h8-9,14H,3-7H2,1-2H3. The molecule has 2 unspecified atom stereocenters. The van der Waals surface area contributed by atoms with E-state index < -0.39 is 0 Å². The molecule has 0 aromatic rings. The predicted octanol–water partition coefficient (Wildman–Crippen LogP) is 0.790. The van der Waals surface area contributed by atoms with Gasteiger partial charge in [-0.1, -0.05) is 13.8 Å². The molecule has 0 radical (unpaired) electrons. The van der Waals surface area contributed by atoms with Gasteiger partial charge in [0.05, 0.1) is 18.4 Å². The number of rotatable bonds is 5. The summed E-state index contributed by atoms with van der Waals surface area (Å²) in [6, 6.07) is 0. The van der Waals surface area contributed by atoms with Crippen molar-refractivity contribution in [2.24, 2.45) is 17.3 Å². The Labute approximate surface area is 95.6 Å². The minimum atomic E-state index is -0.303. The minimum absolute atomic E-state index is 0.0188. The first kappa shape index (κ1) is 11.6. The Kier molecular flexibility index (Phi) is 2.78. The summed E-state index contributed by atoms with van der Waals surface area (Å²) in [7, 11) is 0. The lowest BCUT2D eigenvalue weighted by atomic mass is 9.82. The molecule has 1 aliphatic carbocycles. The van der Waals surface area contributed by atoms with Gasteiger partial charge < -0.3 is 5.11 Å². The predicted molar refractivity (Wildman–Crippen MR) is 58.4 cm³/mol. The number of hydrogen-bond donors (Lipinski definition) is 1. The van der Waals surface area contributed by atoms with E-state index in [0.717, 1.165) is 19.3 Å². The van der Waals surface area contributed by atoms with Crippen molar-refractivity contribution in [3.05, 3.63) is 0 Å². The monoisotopic (exact) mass is 225 g/mol. The molecule has 2 amide bonds. The van der Waals surface area contributed by atoms with Crippen molar-refractivity contribution in [1.29, 1.82) is 0 Å². The lowest BCUT2D eigenvalue weighted by Crippen LogP contribution is -2.44. The first-order valence-electron chi connectivity index (χ1n) is 6.04. The summed E-state index contributed by atoms with van der Waals surface area (Å²) in [6.07, 6.45) is 2.32. The van der Waals surface area contributed by atoms with Crippen LogP contribution >= 0.6 is 0 Å². The molecule has 1 saturated carbocycles. The molecule has 1 saturated heterocycles. The van der Waals surface area contributed by atoms with E-state index in [1.807, 2.05) is 13.8 Å². The van der Waals surface area contributed by atoms with E-state index in [1.54, 1.807) is 0 Å². The molecule has 0 aromatic carbocycles. The number of fused-ring (bicyclic) bond motifs is 1. The Morgan fingerprint density at radius 1 is 1.25 bits per heavy atom. The van der Waals surface area contributed by atoms with Gasteiger partial charge in [-0.3, -0.25) is 14.5 Å². The average molecular weight is 225 g/mol. The SMILES string of the molecule is CCC(CC)(CO)CN1C(=O)C2CC2C1=O. The van der Waals surface area contributed by atoms with E-state index in [1.165, 1.54) is 4.90 Å². The van der Waals surface area contributed by atoms with Crippen molar-refractivity contribution in [2.75, 3.05) is 13.2 Å². The number of nitrogens with zero attached hydrogens (tertiary/aromatic N) is 1. The molecule has 0 aromatic heterocycles. The zero-order chi connectivity index (χ0) is 11.9. The van der Waals surface area contributed by atoms with E-state index in [9.17, 15) is 14.7 Å². The first-order chi connectivity index (χ1) is 7.58. The molecule has 4 heteroatoms. The highest BCUT2D eigenvalue weighted by Gasteiger charge is 2.59. The third-order valence-corrected chi connectivity index (χ3v) is 4.29. The van der Waals surface area contributed by atoms with Gasteiger partial charge in [-0.25, -0.2) is 0 Å². The highest BCUT2D eigenvalue weighted by Crippen LogP contribution is 2.48. The number of piperidine rings is 1. The lowest BCUT2D eigenvalue weighted by Gasteiger charge is -2.33. The van der Waals surface area contributed by atoms with Crippen molar-refractivity contribution in [3.63, 3.8) is 0 Å². The van der Waals surface area contributed by atoms with Crippen LogP contribution in [0.4, 0.5) is 0 Å². The topological polar surface area (TPSA) is 57.6 Å². The van der Waals surface area contributed by atoms with Crippen LogP contribution in [0.3, 0.4) is 0 Å². The van der Waals surface area contributed by atoms with Crippen LogP contribution in [0, 0.1) is 17.3 Å². The van der Waals surface area contributed by atoms with Gasteiger partial charge in [0.25, 0.3) is 0 Å². The van der Waals surface area contributed by atoms with E-state index in [4.69, 9.17) is 0 Å². The quantitative estimate of drug-likeness (QED) is 0.704. The van der Waals surface area contributed by atoms with Crippen molar-refractivity contribution in [1.82, 2.24) is 4.90 Å². The Morgan fingerprint density at radius 3 is 2.12 bits per heavy atom. The molecule has 90 valence electrons. The maximum Gasteiger partial charge on any atom is 0.233 e. The summed E-state index contributed by atoms with van der Waals surface area (Å²) < 4.78 is 0. The third kappa shape index (κ3) is 1.56. The third-order valence-electron chi connectivity index (χ3n) is 4.29. The van der Waals surface area contributed by atoms with E-state index in [0.29, 0.717) is 6.54 Å². The summed E-state index contributed by atoms with van der Waals surface area (Å²) >= 11 is 0. The van der Waals surface area contributed by atoms with Gasteiger partial charge in [-0.15, -0.1) is 0 Å². The fourth-order valence-corrected chi connectivity index (χ4v) is 2.49. The molecular formula is C12H19NO3. The van der Waals surface area contributed by atoms with Gasteiger partial charge in [-0.2, -0.15) is 0 Å². The minimum Gasteiger partial charge on any atom is -0.396 e. The first-order valence-corrected chi connectivity index (χ1v) is 6.04. The maximum atomic E-state index is 11.8. The fraction of sp³-hybridized carbons (Fsp3) is 0.833. The van der Waals surface area contributed by atoms with Gasteiger partial charge in [0.1, 0.15) is 0 Å². The summed E-state index contributed by atoms with van der Waals surface area (Å²) in [5.41, 5.74) is -0.303. The van der Waals surface area contributed by atoms with Gasteiger partial charge in [0.15, 0.2) is 0 Å². The van der Waals surface area contributed by atoms with Crippen LogP contribution in [0.25, 0.3) is 0 Å². The number of imide groups is 1. The van der Waals surface area contributed by atoms with Crippen molar-refractivity contribution in [3.8, 4) is 0 Å². The number of hydrogen-bond acceptors (Lipinski definition) is 3. The Hall–Kier alpha value is -0.900. The molecule has 2 aliphatic rings. The second-order valence-electron chi connectivity index (χ2n) is 5.08. The molecule has 2 fully saturated rings. The molecule has 1 N–H and O–H groups in total. The molecule has 1 aliphatic heterocycles. The smallest absolute Gasteiger partial charge is 0.233 e. The van der Waals surface area contributed by atoms with E-state index >= 15 is 0 Å². The number of carbonyl (C=O) groups excluding carboxylic acids is 2. The highest BCUT2D eigenvalue weighted by molar-refractivity contribution is 6.08. The number of aliphatic hydroxyl groups excluding tert-OH is 1. The average Bonchev–Trinajstić information content (AvgIpc) is 3.06. The molecule has 2 atom stereocenters. The molecular weight excluding hydrogens is 206 g/mol. The Morgan fingerprint density at radius 2 is 1.75 bits per heavy atom. The normalized spacial score (nSPS) is 28.6. The summed E-state index contributed by atoms with van der Waals surface area (Å²) in [6.45, 7) is 4.41. The fourth-order valence-electron chi connectivity index (χ4n) is 2.49. The van der Waals surface area contributed by atoms with Crippen molar-refractivity contribution < 1.29 is 14.7 Å². The number of carbonyl (C=O) groups is 2. The molecule has 4 nitrogen and oxygen atoms in total. The largest absolute Gasteiger partial charge is 0.396 e. The highest BCUT2D eigenvalue weighted by atomic mass is 16.3. The van der Waals surface area contributed by atoms with Crippen LogP contribution in [-0.2, 0) is 9.59 Å². The van der Waals surface area contributed by atoms with Crippen LogP contribution in [0.5, 0.6) is 0 Å². The van der Waals surface area contributed by atoms with Crippen LogP contribution in [0.1, 0.15) is 33.1 Å². The molecule has 16 heavy (non-hydrogen) atoms. The molecule has 0 spiro atoms. The zero-order valence-corrected chi connectivity index (χ0v) is 9.90. The second-order valence-corrected chi connectivity index (χ2v) is 5.08. The molecule has 1 heterocycles. The zero-order valence-electron chi connectivity index (χ0n) is 9.90. The Bertz CT molecular complexity index is 294. The number of amides is 2. The second kappa shape index (κ2) is 3.84. The molecule has 2 rings (SSSR count). The van der Waals surface area contributed by atoms with Crippen LogP contribution in [0.15, 0.2) is 0 Å². The van der Waals surface area contributed by atoms with Crippen molar-refractivity contribution in [2.45, 2.75) is 33.1 Å². The Balaban J connectivity index is 2.09. The maximum absolute atomic E-state index is 11.8. The number of aliphatic hydroxyl groups is 1. The van der Waals surface area contributed by atoms with Gasteiger partial charge >= 0.3 is 0 Å². The summed E-state index contributed by atoms with van der Waals surface area (Å²) in [5, 5.41) is 9.44. The van der Waals surface area contributed by atoms with Gasteiger partial charge in [0.2, 0.25) is 11.8 Å².